The molecule has 0 bridgehead atoms. The highest BCUT2D eigenvalue weighted by atomic mass is 16.5. The first-order valence-corrected chi connectivity index (χ1v) is 6.51. The monoisotopic (exact) mass is 287 g/mol. The Bertz CT molecular complexity index is 618. The van der Waals surface area contributed by atoms with Crippen LogP contribution >= 0.6 is 0 Å². The van der Waals surface area contributed by atoms with Crippen molar-refractivity contribution in [2.75, 3.05) is 14.1 Å². The topological polar surface area (TPSA) is 64.4 Å². The molecule has 0 saturated heterocycles. The van der Waals surface area contributed by atoms with E-state index < -0.39 is 12.1 Å². The lowest BCUT2D eigenvalue weighted by Gasteiger charge is -2.17. The minimum absolute atomic E-state index is 0.253. The minimum atomic E-state index is -0.807. The summed E-state index contributed by atoms with van der Waals surface area (Å²) < 4.78 is 6.83. The molecule has 0 unspecified atom stereocenters. The van der Waals surface area contributed by atoms with E-state index in [1.54, 1.807) is 56.2 Å². The second-order valence-corrected chi connectivity index (χ2v) is 4.78. The third-order valence-corrected chi connectivity index (χ3v) is 2.94. The maximum atomic E-state index is 12.0. The Labute approximate surface area is 122 Å². The molecule has 0 saturated carbocycles. The van der Waals surface area contributed by atoms with Gasteiger partial charge in [-0.2, -0.15) is 5.10 Å². The lowest BCUT2D eigenvalue weighted by atomic mass is 10.2. The number of likely N-dealkylation sites (N-methyl/N-ethyl adjacent to an activating group) is 1. The van der Waals surface area contributed by atoms with Crippen molar-refractivity contribution in [2.45, 2.75) is 13.0 Å². The SMILES string of the molecule is C[C@@H](OC(=O)c1ccc(-n2cccn2)cc1)C(=O)N(C)C. The summed E-state index contributed by atoms with van der Waals surface area (Å²) in [6.07, 6.45) is 2.68. The number of benzene rings is 1. The van der Waals surface area contributed by atoms with E-state index in [4.69, 9.17) is 4.74 Å². The van der Waals surface area contributed by atoms with E-state index in [0.29, 0.717) is 5.56 Å². The van der Waals surface area contributed by atoms with Crippen molar-refractivity contribution in [3.05, 3.63) is 48.3 Å². The summed E-state index contributed by atoms with van der Waals surface area (Å²) in [6.45, 7) is 1.55. The highest BCUT2D eigenvalue weighted by Crippen LogP contribution is 2.11. The average Bonchev–Trinajstić information content (AvgIpc) is 3.00. The zero-order chi connectivity index (χ0) is 15.4. The fraction of sp³-hybridized carbons (Fsp3) is 0.267. The number of carbonyl (C=O) groups excluding carboxylic acids is 2. The Morgan fingerprint density at radius 2 is 1.90 bits per heavy atom. The zero-order valence-electron chi connectivity index (χ0n) is 12.2. The molecule has 0 N–H and O–H groups in total. The number of hydrogen-bond donors (Lipinski definition) is 0. The van der Waals surface area contributed by atoms with Crippen LogP contribution in [0.25, 0.3) is 5.69 Å². The second kappa shape index (κ2) is 6.21. The van der Waals surface area contributed by atoms with Gasteiger partial charge in [-0.1, -0.05) is 0 Å². The van der Waals surface area contributed by atoms with Gasteiger partial charge in [-0.05, 0) is 37.3 Å². The second-order valence-electron chi connectivity index (χ2n) is 4.78. The fourth-order valence-electron chi connectivity index (χ4n) is 1.81. The van der Waals surface area contributed by atoms with Gasteiger partial charge in [0, 0.05) is 26.5 Å². The predicted octanol–water partition coefficient (Wildman–Crippen LogP) is 1.51. The molecular weight excluding hydrogens is 270 g/mol. The first-order chi connectivity index (χ1) is 9.99. The summed E-state index contributed by atoms with van der Waals surface area (Å²) in [6, 6.07) is 8.64. The normalized spacial score (nSPS) is 11.8. The predicted molar refractivity (Wildman–Crippen MR) is 77.1 cm³/mol. The number of amides is 1. The van der Waals surface area contributed by atoms with Gasteiger partial charge in [0.05, 0.1) is 11.3 Å². The number of aromatic nitrogens is 2. The van der Waals surface area contributed by atoms with Crippen LogP contribution < -0.4 is 0 Å². The number of nitrogens with zero attached hydrogens (tertiary/aromatic N) is 3. The van der Waals surface area contributed by atoms with E-state index in [0.717, 1.165) is 5.69 Å². The minimum Gasteiger partial charge on any atom is -0.449 e. The van der Waals surface area contributed by atoms with Crippen molar-refractivity contribution < 1.29 is 14.3 Å². The van der Waals surface area contributed by atoms with Crippen LogP contribution in [-0.4, -0.2) is 46.8 Å². The molecule has 2 rings (SSSR count). The molecule has 1 amide bonds. The Morgan fingerprint density at radius 3 is 2.43 bits per heavy atom. The molecule has 1 aromatic carbocycles. The molecule has 1 aromatic heterocycles. The van der Waals surface area contributed by atoms with Gasteiger partial charge in [0.25, 0.3) is 5.91 Å². The first kappa shape index (κ1) is 14.8. The number of esters is 1. The molecule has 0 fully saturated rings. The van der Waals surface area contributed by atoms with Gasteiger partial charge in [0.2, 0.25) is 0 Å². The van der Waals surface area contributed by atoms with Crippen LogP contribution in [0, 0.1) is 0 Å². The van der Waals surface area contributed by atoms with E-state index >= 15 is 0 Å². The lowest BCUT2D eigenvalue weighted by Crippen LogP contribution is -2.34. The van der Waals surface area contributed by atoms with Crippen LogP contribution in [0.3, 0.4) is 0 Å². The van der Waals surface area contributed by atoms with E-state index in [2.05, 4.69) is 5.10 Å². The summed E-state index contributed by atoms with van der Waals surface area (Å²) >= 11 is 0. The van der Waals surface area contributed by atoms with Gasteiger partial charge in [-0.15, -0.1) is 0 Å². The third kappa shape index (κ3) is 3.47. The molecule has 0 aliphatic rings. The van der Waals surface area contributed by atoms with Crippen molar-refractivity contribution in [1.29, 1.82) is 0 Å². The van der Waals surface area contributed by atoms with Crippen molar-refractivity contribution in [3.8, 4) is 5.69 Å². The molecule has 0 radical (unpaired) electrons. The van der Waals surface area contributed by atoms with Gasteiger partial charge < -0.3 is 9.64 Å². The largest absolute Gasteiger partial charge is 0.449 e. The third-order valence-electron chi connectivity index (χ3n) is 2.94. The summed E-state index contributed by atoms with van der Waals surface area (Å²) in [7, 11) is 3.23. The van der Waals surface area contributed by atoms with Gasteiger partial charge in [-0.25, -0.2) is 9.48 Å². The Kier molecular flexibility index (Phi) is 4.37. The maximum absolute atomic E-state index is 12.0. The molecule has 0 aliphatic heterocycles. The number of rotatable bonds is 4. The molecule has 0 aliphatic carbocycles. The molecule has 21 heavy (non-hydrogen) atoms. The number of ether oxygens (including phenoxy) is 1. The smallest absolute Gasteiger partial charge is 0.338 e. The molecule has 110 valence electrons. The summed E-state index contributed by atoms with van der Waals surface area (Å²) in [5.41, 5.74) is 1.23. The Balaban J connectivity index is 2.05. The molecule has 6 heteroatoms. The summed E-state index contributed by atoms with van der Waals surface area (Å²) in [4.78, 5) is 25.0. The van der Waals surface area contributed by atoms with Gasteiger partial charge >= 0.3 is 5.97 Å². The van der Waals surface area contributed by atoms with Crippen molar-refractivity contribution >= 4 is 11.9 Å². The van der Waals surface area contributed by atoms with Crippen molar-refractivity contribution in [3.63, 3.8) is 0 Å². The highest BCUT2D eigenvalue weighted by Gasteiger charge is 2.20. The van der Waals surface area contributed by atoms with Crippen LogP contribution in [0.15, 0.2) is 42.7 Å². The van der Waals surface area contributed by atoms with E-state index in [1.807, 2.05) is 12.3 Å². The van der Waals surface area contributed by atoms with Crippen molar-refractivity contribution in [2.24, 2.45) is 0 Å². The molecule has 0 spiro atoms. The van der Waals surface area contributed by atoms with Gasteiger partial charge in [-0.3, -0.25) is 4.79 Å². The standard InChI is InChI=1S/C15H17N3O3/c1-11(14(19)17(2)3)21-15(20)12-5-7-13(8-6-12)18-10-4-9-16-18/h4-11H,1-3H3/t11-/m1/s1. The lowest BCUT2D eigenvalue weighted by molar-refractivity contribution is -0.137. The van der Waals surface area contributed by atoms with Crippen LogP contribution in [-0.2, 0) is 9.53 Å². The van der Waals surface area contributed by atoms with Crippen LogP contribution in [0.1, 0.15) is 17.3 Å². The average molecular weight is 287 g/mol. The quantitative estimate of drug-likeness (QED) is 0.799. The molecule has 1 atom stereocenters. The first-order valence-electron chi connectivity index (χ1n) is 6.51. The molecule has 1 heterocycles. The molecule has 6 nitrogen and oxygen atoms in total. The van der Waals surface area contributed by atoms with E-state index in [1.165, 1.54) is 4.90 Å². The van der Waals surface area contributed by atoms with Crippen LogP contribution in [0.4, 0.5) is 0 Å². The maximum Gasteiger partial charge on any atom is 0.338 e. The molecular formula is C15H17N3O3. The van der Waals surface area contributed by atoms with E-state index in [9.17, 15) is 9.59 Å². The van der Waals surface area contributed by atoms with Gasteiger partial charge in [0.15, 0.2) is 6.10 Å². The van der Waals surface area contributed by atoms with Crippen molar-refractivity contribution in [1.82, 2.24) is 14.7 Å². The highest BCUT2D eigenvalue weighted by molar-refractivity contribution is 5.92. The van der Waals surface area contributed by atoms with Crippen LogP contribution in [0.5, 0.6) is 0 Å². The van der Waals surface area contributed by atoms with E-state index in [-0.39, 0.29) is 5.91 Å². The van der Waals surface area contributed by atoms with Crippen LogP contribution in [0.2, 0.25) is 0 Å². The number of hydrogen-bond acceptors (Lipinski definition) is 4. The van der Waals surface area contributed by atoms with Gasteiger partial charge in [0.1, 0.15) is 0 Å². The fourth-order valence-corrected chi connectivity index (χ4v) is 1.81. The summed E-state index contributed by atoms with van der Waals surface area (Å²) in [5.74, 6) is -0.777. The molecule has 2 aromatic rings. The number of carbonyl (C=O) groups is 2. The summed E-state index contributed by atoms with van der Waals surface area (Å²) in [5, 5.41) is 4.10. The Hall–Kier alpha value is -2.63. The zero-order valence-corrected chi connectivity index (χ0v) is 12.2. The Morgan fingerprint density at radius 1 is 1.24 bits per heavy atom.